The van der Waals surface area contributed by atoms with E-state index in [1.165, 1.54) is 13.2 Å². The molecule has 4 nitrogen and oxygen atoms in total. The fourth-order valence-corrected chi connectivity index (χ4v) is 0.516. The third-order valence-corrected chi connectivity index (χ3v) is 1.16. The summed E-state index contributed by atoms with van der Waals surface area (Å²) in [5.74, 6) is -1.55. The first-order chi connectivity index (χ1) is 5.63. The molecule has 0 rings (SSSR count). The quantitative estimate of drug-likeness (QED) is 0.270. The van der Waals surface area contributed by atoms with E-state index in [2.05, 4.69) is 4.74 Å². The molecule has 0 aromatic heterocycles. The van der Waals surface area contributed by atoms with Crippen molar-refractivity contribution in [3.05, 3.63) is 11.8 Å². The lowest BCUT2D eigenvalue weighted by Gasteiger charge is -1.98. The maximum absolute atomic E-state index is 11.0. The van der Waals surface area contributed by atoms with Crippen molar-refractivity contribution >= 4 is 11.8 Å². The number of esters is 1. The molecular formula is C8H12O4. The van der Waals surface area contributed by atoms with Crippen LogP contribution in [-0.2, 0) is 19.1 Å². The molecule has 0 aromatic carbocycles. The molecule has 0 aliphatic rings. The lowest BCUT2D eigenvalue weighted by Crippen LogP contribution is -2.16. The Balaban J connectivity index is 4.18. The zero-order valence-electron chi connectivity index (χ0n) is 7.42. The van der Waals surface area contributed by atoms with Gasteiger partial charge in [0.25, 0.3) is 5.78 Å². The van der Waals surface area contributed by atoms with Gasteiger partial charge in [0.15, 0.2) is 0 Å². The Morgan fingerprint density at radius 1 is 1.42 bits per heavy atom. The summed E-state index contributed by atoms with van der Waals surface area (Å²) in [4.78, 5) is 21.6. The maximum Gasteiger partial charge on any atom is 0.379 e. The molecule has 0 N–H and O–H groups in total. The van der Waals surface area contributed by atoms with Crippen molar-refractivity contribution in [1.29, 1.82) is 0 Å². The van der Waals surface area contributed by atoms with E-state index in [1.807, 2.05) is 0 Å². The maximum atomic E-state index is 11.0. The number of ether oxygens (including phenoxy) is 2. The topological polar surface area (TPSA) is 52.6 Å². The van der Waals surface area contributed by atoms with Crippen LogP contribution in [-0.4, -0.2) is 25.5 Å². The molecule has 12 heavy (non-hydrogen) atoms. The summed E-state index contributed by atoms with van der Waals surface area (Å²) in [5, 5.41) is 0. The third-order valence-electron chi connectivity index (χ3n) is 1.16. The summed E-state index contributed by atoms with van der Waals surface area (Å²) in [6, 6.07) is 0. The van der Waals surface area contributed by atoms with Gasteiger partial charge in [0.2, 0.25) is 0 Å². The van der Waals surface area contributed by atoms with E-state index in [-0.39, 0.29) is 5.57 Å². The summed E-state index contributed by atoms with van der Waals surface area (Å²) < 4.78 is 9.05. The van der Waals surface area contributed by atoms with Gasteiger partial charge in [-0.3, -0.25) is 4.79 Å². The molecule has 0 aliphatic carbocycles. The fraction of sp³-hybridized carbons (Fsp3) is 0.500. The van der Waals surface area contributed by atoms with Crippen LogP contribution < -0.4 is 0 Å². The lowest BCUT2D eigenvalue weighted by molar-refractivity contribution is -0.149. The normalized spacial score (nSPS) is 10.8. The Kier molecular flexibility index (Phi) is 4.76. The number of Topliss-reactive ketones (excluding diaryl/α,β-unsaturated/α-hetero) is 1. The molecule has 0 heterocycles. The number of ketones is 1. The number of rotatable bonds is 4. The Bertz CT molecular complexity index is 205. The molecule has 0 saturated heterocycles. The molecule has 0 bridgehead atoms. The number of carbonyl (C=O) groups is 2. The van der Waals surface area contributed by atoms with Gasteiger partial charge in [0.05, 0.1) is 20.0 Å². The lowest BCUT2D eigenvalue weighted by atomic mass is 10.2. The number of hydrogen-bond acceptors (Lipinski definition) is 4. The van der Waals surface area contributed by atoms with Gasteiger partial charge in [-0.25, -0.2) is 4.79 Å². The molecule has 0 aliphatic heterocycles. The smallest absolute Gasteiger partial charge is 0.379 e. The Morgan fingerprint density at radius 2 is 2.00 bits per heavy atom. The van der Waals surface area contributed by atoms with Gasteiger partial charge in [0, 0.05) is 5.57 Å². The highest BCUT2D eigenvalue weighted by molar-refractivity contribution is 6.40. The van der Waals surface area contributed by atoms with Crippen LogP contribution in [0.1, 0.15) is 13.8 Å². The molecule has 0 aromatic rings. The van der Waals surface area contributed by atoms with Crippen LogP contribution in [0, 0.1) is 0 Å². The van der Waals surface area contributed by atoms with Crippen molar-refractivity contribution in [2.45, 2.75) is 13.8 Å². The average molecular weight is 172 g/mol. The SMILES string of the molecule is CCO/C=C(\C)C(=O)C(=O)OC. The van der Waals surface area contributed by atoms with E-state index in [0.717, 1.165) is 7.11 Å². The number of carbonyl (C=O) groups excluding carboxylic acids is 2. The fourth-order valence-electron chi connectivity index (χ4n) is 0.516. The highest BCUT2D eigenvalue weighted by atomic mass is 16.5. The van der Waals surface area contributed by atoms with E-state index in [1.54, 1.807) is 6.92 Å². The van der Waals surface area contributed by atoms with E-state index in [0.29, 0.717) is 6.61 Å². The van der Waals surface area contributed by atoms with Crippen LogP contribution in [0.3, 0.4) is 0 Å². The molecule has 0 spiro atoms. The minimum Gasteiger partial charge on any atom is -0.501 e. The summed E-state index contributed by atoms with van der Waals surface area (Å²) >= 11 is 0. The van der Waals surface area contributed by atoms with Crippen LogP contribution in [0.15, 0.2) is 11.8 Å². The van der Waals surface area contributed by atoms with E-state index in [4.69, 9.17) is 4.74 Å². The van der Waals surface area contributed by atoms with Gasteiger partial charge in [-0.05, 0) is 13.8 Å². The summed E-state index contributed by atoms with van der Waals surface area (Å²) in [6.07, 6.45) is 1.25. The van der Waals surface area contributed by atoms with Crippen molar-refractivity contribution in [2.24, 2.45) is 0 Å². The Labute approximate surface area is 71.2 Å². The highest BCUT2D eigenvalue weighted by Gasteiger charge is 2.15. The minimum atomic E-state index is -0.872. The van der Waals surface area contributed by atoms with Crippen molar-refractivity contribution in [1.82, 2.24) is 0 Å². The Morgan fingerprint density at radius 3 is 2.42 bits per heavy atom. The standard InChI is InChI=1S/C8H12O4/c1-4-12-5-6(2)7(9)8(10)11-3/h5H,4H2,1-3H3/b6-5+. The second kappa shape index (κ2) is 5.35. The van der Waals surface area contributed by atoms with Crippen LogP contribution in [0.25, 0.3) is 0 Å². The monoisotopic (exact) mass is 172 g/mol. The summed E-state index contributed by atoms with van der Waals surface area (Å²) in [7, 11) is 1.16. The third kappa shape index (κ3) is 3.18. The van der Waals surface area contributed by atoms with Crippen molar-refractivity contribution < 1.29 is 19.1 Å². The van der Waals surface area contributed by atoms with E-state index < -0.39 is 11.8 Å². The Hall–Kier alpha value is -1.32. The summed E-state index contributed by atoms with van der Waals surface area (Å²) in [5.41, 5.74) is 0.240. The van der Waals surface area contributed by atoms with Crippen molar-refractivity contribution in [2.75, 3.05) is 13.7 Å². The molecule has 0 amide bonds. The molecule has 0 radical (unpaired) electrons. The molecule has 0 saturated carbocycles. The van der Waals surface area contributed by atoms with Crippen molar-refractivity contribution in [3.8, 4) is 0 Å². The first kappa shape index (κ1) is 10.7. The second-order valence-corrected chi connectivity index (χ2v) is 2.08. The van der Waals surface area contributed by atoms with Crippen LogP contribution in [0.2, 0.25) is 0 Å². The highest BCUT2D eigenvalue weighted by Crippen LogP contribution is 1.96. The first-order valence-electron chi connectivity index (χ1n) is 3.54. The summed E-state index contributed by atoms with van der Waals surface area (Å²) in [6.45, 7) is 3.74. The minimum absolute atomic E-state index is 0.240. The number of hydrogen-bond donors (Lipinski definition) is 0. The van der Waals surface area contributed by atoms with Crippen LogP contribution in [0.4, 0.5) is 0 Å². The molecular weight excluding hydrogens is 160 g/mol. The molecule has 0 unspecified atom stereocenters. The van der Waals surface area contributed by atoms with Crippen LogP contribution in [0.5, 0.6) is 0 Å². The predicted molar refractivity (Wildman–Crippen MR) is 42.4 cm³/mol. The zero-order valence-corrected chi connectivity index (χ0v) is 7.42. The average Bonchev–Trinajstić information content (AvgIpc) is 2.11. The van der Waals surface area contributed by atoms with E-state index in [9.17, 15) is 9.59 Å². The molecule has 0 atom stereocenters. The van der Waals surface area contributed by atoms with Crippen molar-refractivity contribution in [3.63, 3.8) is 0 Å². The first-order valence-corrected chi connectivity index (χ1v) is 3.54. The van der Waals surface area contributed by atoms with Gasteiger partial charge in [-0.1, -0.05) is 0 Å². The largest absolute Gasteiger partial charge is 0.501 e. The van der Waals surface area contributed by atoms with Crippen LogP contribution >= 0.6 is 0 Å². The van der Waals surface area contributed by atoms with E-state index >= 15 is 0 Å². The van der Waals surface area contributed by atoms with Gasteiger partial charge in [-0.15, -0.1) is 0 Å². The second-order valence-electron chi connectivity index (χ2n) is 2.08. The number of methoxy groups -OCH3 is 1. The van der Waals surface area contributed by atoms with Gasteiger partial charge < -0.3 is 9.47 Å². The van der Waals surface area contributed by atoms with Gasteiger partial charge >= 0.3 is 5.97 Å². The molecule has 68 valence electrons. The molecule has 0 fully saturated rings. The predicted octanol–water partition coefficient (Wildman–Crippen LogP) is 0.669. The van der Waals surface area contributed by atoms with Gasteiger partial charge in [0.1, 0.15) is 0 Å². The van der Waals surface area contributed by atoms with Gasteiger partial charge in [-0.2, -0.15) is 0 Å². The molecule has 4 heteroatoms. The zero-order chi connectivity index (χ0) is 9.56.